The van der Waals surface area contributed by atoms with E-state index >= 15 is 0 Å². The second-order valence-corrected chi connectivity index (χ2v) is 5.91. The van der Waals surface area contributed by atoms with E-state index in [1.165, 1.54) is 17.2 Å². The van der Waals surface area contributed by atoms with Crippen LogP contribution in [-0.2, 0) is 11.3 Å². The van der Waals surface area contributed by atoms with Crippen LogP contribution in [0.15, 0.2) is 43.0 Å². The van der Waals surface area contributed by atoms with Gasteiger partial charge in [-0.3, -0.25) is 14.5 Å². The summed E-state index contributed by atoms with van der Waals surface area (Å²) in [6.45, 7) is 0.594. The molecule has 9 heteroatoms. The summed E-state index contributed by atoms with van der Waals surface area (Å²) in [5, 5.41) is 16.9. The van der Waals surface area contributed by atoms with Gasteiger partial charge in [0.2, 0.25) is 5.82 Å². The zero-order chi connectivity index (χ0) is 17.1. The Labute approximate surface area is 143 Å². The van der Waals surface area contributed by atoms with Gasteiger partial charge >= 0.3 is 0 Å². The van der Waals surface area contributed by atoms with E-state index in [1.807, 2.05) is 30.3 Å². The summed E-state index contributed by atoms with van der Waals surface area (Å²) in [5.74, 6) is 0.212. The molecule has 0 saturated heterocycles. The number of aromatic amines is 1. The molecule has 1 fully saturated rings. The van der Waals surface area contributed by atoms with Crippen LogP contribution in [0.1, 0.15) is 29.0 Å². The van der Waals surface area contributed by atoms with Crippen LogP contribution < -0.4 is 5.32 Å². The predicted octanol–water partition coefficient (Wildman–Crippen LogP) is 0.863. The molecule has 25 heavy (non-hydrogen) atoms. The van der Waals surface area contributed by atoms with Gasteiger partial charge in [0.15, 0.2) is 0 Å². The molecule has 2 heterocycles. The first kappa shape index (κ1) is 15.5. The lowest BCUT2D eigenvalue weighted by Crippen LogP contribution is -2.48. The van der Waals surface area contributed by atoms with Crippen LogP contribution in [0, 0.1) is 0 Å². The first-order chi connectivity index (χ1) is 12.3. The number of hydrogen-bond donors (Lipinski definition) is 2. The Balaban J connectivity index is 1.23. The predicted molar refractivity (Wildman–Crippen MR) is 86.8 cm³/mol. The van der Waals surface area contributed by atoms with Crippen LogP contribution in [0.2, 0.25) is 0 Å². The standard InChI is InChI=1S/C16H17N7O2/c24-15(14-20-16(22-21-14)23-9-17-18-10-23)19-12-6-13(7-12)25-8-11-4-2-1-3-5-11/h1-5,9-10,12-13H,6-8H2,(H,19,24)(H,20,21,22). The lowest BCUT2D eigenvalue weighted by atomic mass is 9.89. The number of carbonyl (C=O) groups is 1. The quantitative estimate of drug-likeness (QED) is 0.689. The molecule has 1 amide bonds. The average Bonchev–Trinajstić information content (AvgIpc) is 3.28. The summed E-state index contributed by atoms with van der Waals surface area (Å²) >= 11 is 0. The summed E-state index contributed by atoms with van der Waals surface area (Å²) < 4.78 is 7.35. The Bertz CT molecular complexity index is 825. The number of carbonyl (C=O) groups excluding carboxylic acids is 1. The molecular weight excluding hydrogens is 322 g/mol. The normalized spacial score (nSPS) is 19.4. The summed E-state index contributed by atoms with van der Waals surface area (Å²) in [6.07, 6.45) is 4.69. The minimum Gasteiger partial charge on any atom is -0.373 e. The maximum Gasteiger partial charge on any atom is 0.288 e. The fourth-order valence-electron chi connectivity index (χ4n) is 2.64. The number of nitrogens with one attached hydrogen (secondary N) is 2. The SMILES string of the molecule is O=C(NC1CC(OCc2ccccc2)C1)c1nc(-n2cnnc2)n[nH]1. The molecule has 0 spiro atoms. The summed E-state index contributed by atoms with van der Waals surface area (Å²) in [4.78, 5) is 16.3. The fourth-order valence-corrected chi connectivity index (χ4v) is 2.64. The van der Waals surface area contributed by atoms with Crippen molar-refractivity contribution >= 4 is 5.91 Å². The van der Waals surface area contributed by atoms with Crippen LogP contribution in [0.3, 0.4) is 0 Å². The molecule has 128 valence electrons. The highest BCUT2D eigenvalue weighted by Crippen LogP contribution is 2.24. The van der Waals surface area contributed by atoms with Crippen molar-refractivity contribution in [2.24, 2.45) is 0 Å². The maximum absolute atomic E-state index is 12.2. The van der Waals surface area contributed by atoms with Crippen LogP contribution in [-0.4, -0.2) is 48.0 Å². The van der Waals surface area contributed by atoms with Gasteiger partial charge in [0.1, 0.15) is 12.7 Å². The first-order valence-corrected chi connectivity index (χ1v) is 8.02. The molecule has 1 saturated carbocycles. The minimum absolute atomic E-state index is 0.0942. The number of H-pyrrole nitrogens is 1. The Morgan fingerprint density at radius 3 is 2.76 bits per heavy atom. The van der Waals surface area contributed by atoms with Crippen molar-refractivity contribution in [2.45, 2.75) is 31.6 Å². The van der Waals surface area contributed by atoms with Gasteiger partial charge in [0, 0.05) is 6.04 Å². The molecular formula is C16H17N7O2. The number of benzene rings is 1. The van der Waals surface area contributed by atoms with Gasteiger partial charge in [-0.15, -0.1) is 15.3 Å². The van der Waals surface area contributed by atoms with Crippen LogP contribution in [0.5, 0.6) is 0 Å². The molecule has 0 atom stereocenters. The van der Waals surface area contributed by atoms with E-state index in [0.717, 1.165) is 18.4 Å². The van der Waals surface area contributed by atoms with Gasteiger partial charge in [0.05, 0.1) is 12.7 Å². The van der Waals surface area contributed by atoms with E-state index < -0.39 is 0 Å². The largest absolute Gasteiger partial charge is 0.373 e. The average molecular weight is 339 g/mol. The monoisotopic (exact) mass is 339 g/mol. The van der Waals surface area contributed by atoms with E-state index in [4.69, 9.17) is 4.74 Å². The fraction of sp³-hybridized carbons (Fsp3) is 0.312. The van der Waals surface area contributed by atoms with Gasteiger partial charge in [-0.2, -0.15) is 4.98 Å². The van der Waals surface area contributed by atoms with E-state index in [9.17, 15) is 4.79 Å². The van der Waals surface area contributed by atoms with Crippen molar-refractivity contribution in [2.75, 3.05) is 0 Å². The Hall–Kier alpha value is -3.07. The highest BCUT2D eigenvalue weighted by molar-refractivity contribution is 5.90. The molecule has 0 aliphatic heterocycles. The summed E-state index contributed by atoms with van der Waals surface area (Å²) in [5.41, 5.74) is 1.15. The first-order valence-electron chi connectivity index (χ1n) is 8.02. The van der Waals surface area contributed by atoms with E-state index in [1.54, 1.807) is 0 Å². The third-order valence-corrected chi connectivity index (χ3v) is 4.10. The maximum atomic E-state index is 12.2. The number of hydrogen-bond acceptors (Lipinski definition) is 6. The van der Waals surface area contributed by atoms with Crippen molar-refractivity contribution in [3.05, 3.63) is 54.4 Å². The van der Waals surface area contributed by atoms with Crippen molar-refractivity contribution in [1.82, 2.24) is 35.3 Å². The molecule has 1 aliphatic rings. The number of nitrogens with zero attached hydrogens (tertiary/aromatic N) is 5. The third kappa shape index (κ3) is 3.56. The highest BCUT2D eigenvalue weighted by Gasteiger charge is 2.31. The zero-order valence-corrected chi connectivity index (χ0v) is 13.4. The number of aromatic nitrogens is 6. The molecule has 4 rings (SSSR count). The summed E-state index contributed by atoms with van der Waals surface area (Å²) in [6, 6.07) is 10.1. The second-order valence-electron chi connectivity index (χ2n) is 5.91. The Morgan fingerprint density at radius 1 is 1.24 bits per heavy atom. The molecule has 0 bridgehead atoms. The van der Waals surface area contributed by atoms with Crippen molar-refractivity contribution in [1.29, 1.82) is 0 Å². The minimum atomic E-state index is -0.279. The van der Waals surface area contributed by atoms with Gasteiger partial charge in [-0.1, -0.05) is 30.3 Å². The topological polar surface area (TPSA) is 111 Å². The van der Waals surface area contributed by atoms with Gasteiger partial charge in [-0.25, -0.2) is 0 Å². The van der Waals surface area contributed by atoms with Crippen molar-refractivity contribution in [3.8, 4) is 5.95 Å². The smallest absolute Gasteiger partial charge is 0.288 e. The van der Waals surface area contributed by atoms with Crippen molar-refractivity contribution < 1.29 is 9.53 Å². The van der Waals surface area contributed by atoms with E-state index in [2.05, 4.69) is 30.7 Å². The Kier molecular flexibility index (Phi) is 4.21. The highest BCUT2D eigenvalue weighted by atomic mass is 16.5. The molecule has 9 nitrogen and oxygen atoms in total. The van der Waals surface area contributed by atoms with Crippen molar-refractivity contribution in [3.63, 3.8) is 0 Å². The van der Waals surface area contributed by atoms with Gasteiger partial charge < -0.3 is 10.1 Å². The summed E-state index contributed by atoms with van der Waals surface area (Å²) in [7, 11) is 0. The molecule has 0 radical (unpaired) electrons. The van der Waals surface area contributed by atoms with Crippen LogP contribution in [0.4, 0.5) is 0 Å². The molecule has 1 aliphatic carbocycles. The number of amides is 1. The molecule has 0 unspecified atom stereocenters. The van der Waals surface area contributed by atoms with E-state index in [0.29, 0.717) is 12.6 Å². The number of rotatable bonds is 6. The van der Waals surface area contributed by atoms with Crippen LogP contribution >= 0.6 is 0 Å². The van der Waals surface area contributed by atoms with E-state index in [-0.39, 0.29) is 23.9 Å². The molecule has 1 aromatic carbocycles. The van der Waals surface area contributed by atoms with Gasteiger partial charge in [0.25, 0.3) is 11.9 Å². The van der Waals surface area contributed by atoms with Crippen LogP contribution in [0.25, 0.3) is 5.95 Å². The molecule has 2 N–H and O–H groups in total. The lowest BCUT2D eigenvalue weighted by Gasteiger charge is -2.35. The molecule has 2 aromatic heterocycles. The third-order valence-electron chi connectivity index (χ3n) is 4.10. The Morgan fingerprint density at radius 2 is 2.00 bits per heavy atom. The lowest BCUT2D eigenvalue weighted by molar-refractivity contribution is -0.0252. The van der Waals surface area contributed by atoms with Gasteiger partial charge in [-0.05, 0) is 18.4 Å². The molecule has 3 aromatic rings. The zero-order valence-electron chi connectivity index (χ0n) is 13.4. The second kappa shape index (κ2) is 6.81. The number of ether oxygens (including phenoxy) is 1.